The van der Waals surface area contributed by atoms with E-state index in [1.165, 1.54) is 12.1 Å². The maximum absolute atomic E-state index is 13.0. The number of nitrogens with one attached hydrogen (secondary N) is 1. The van der Waals surface area contributed by atoms with E-state index >= 15 is 0 Å². The normalized spacial score (nSPS) is 19.0. The summed E-state index contributed by atoms with van der Waals surface area (Å²) in [6.07, 6.45) is 1.10. The van der Waals surface area contributed by atoms with Crippen LogP contribution >= 0.6 is 0 Å². The van der Waals surface area contributed by atoms with Crippen LogP contribution in [0.5, 0.6) is 0 Å². The molecule has 1 aliphatic rings. The molecule has 0 radical (unpaired) electrons. The molecule has 1 aromatic rings. The number of hydrogen-bond donors (Lipinski definition) is 2. The van der Waals surface area contributed by atoms with Crippen LogP contribution in [0.3, 0.4) is 0 Å². The molecule has 1 aromatic carbocycles. The number of carbonyl (C=O) groups is 2. The first-order valence-corrected chi connectivity index (χ1v) is 7.89. The maximum atomic E-state index is 13.0. The average molecular weight is 322 g/mol. The van der Waals surface area contributed by atoms with Gasteiger partial charge in [0.2, 0.25) is 0 Å². The third-order valence-electron chi connectivity index (χ3n) is 4.31. The fourth-order valence-electron chi connectivity index (χ4n) is 2.72. The largest absolute Gasteiger partial charge is 0.481 e. The molecule has 1 saturated heterocycles. The summed E-state index contributed by atoms with van der Waals surface area (Å²) in [5, 5.41) is 12.0. The van der Waals surface area contributed by atoms with Gasteiger partial charge in [-0.15, -0.1) is 0 Å². The number of nitrogens with zero attached hydrogens (tertiary/aromatic N) is 1. The quantitative estimate of drug-likeness (QED) is 0.875. The van der Waals surface area contributed by atoms with Gasteiger partial charge in [0.25, 0.3) is 0 Å². The Morgan fingerprint density at radius 3 is 2.52 bits per heavy atom. The topological polar surface area (TPSA) is 69.6 Å². The van der Waals surface area contributed by atoms with Gasteiger partial charge in [0.1, 0.15) is 5.82 Å². The summed E-state index contributed by atoms with van der Waals surface area (Å²) in [7, 11) is 0. The van der Waals surface area contributed by atoms with E-state index in [4.69, 9.17) is 5.11 Å². The molecule has 0 aliphatic carbocycles. The van der Waals surface area contributed by atoms with E-state index in [2.05, 4.69) is 5.32 Å². The van der Waals surface area contributed by atoms with Crippen molar-refractivity contribution < 1.29 is 19.1 Å². The third-order valence-corrected chi connectivity index (χ3v) is 4.31. The molecule has 2 N–H and O–H groups in total. The summed E-state index contributed by atoms with van der Waals surface area (Å²) in [5.41, 5.74) is 0.954. The number of carbonyl (C=O) groups excluding carboxylic acids is 1. The Hall–Kier alpha value is -2.11. The highest BCUT2D eigenvalue weighted by atomic mass is 19.1. The van der Waals surface area contributed by atoms with Gasteiger partial charge in [-0.2, -0.15) is 0 Å². The molecule has 1 fully saturated rings. The number of likely N-dealkylation sites (tertiary alicyclic amines) is 1. The van der Waals surface area contributed by atoms with E-state index in [1.807, 2.05) is 13.8 Å². The summed E-state index contributed by atoms with van der Waals surface area (Å²) >= 11 is 0. The molecule has 0 bridgehead atoms. The van der Waals surface area contributed by atoms with Gasteiger partial charge in [-0.1, -0.05) is 26.0 Å². The Kier molecular flexibility index (Phi) is 5.58. The summed E-state index contributed by atoms with van der Waals surface area (Å²) in [6, 6.07) is 5.94. The fraction of sp³-hybridized carbons (Fsp3) is 0.529. The van der Waals surface area contributed by atoms with Gasteiger partial charge in [0.05, 0.1) is 5.92 Å². The van der Waals surface area contributed by atoms with E-state index in [-0.39, 0.29) is 30.4 Å². The minimum atomic E-state index is -0.855. The third kappa shape index (κ3) is 4.68. The smallest absolute Gasteiger partial charge is 0.317 e. The monoisotopic (exact) mass is 322 g/mol. The number of amides is 2. The molecule has 23 heavy (non-hydrogen) atoms. The average Bonchev–Trinajstić information content (AvgIpc) is 2.98. The molecule has 2 unspecified atom stereocenters. The molecule has 5 nitrogen and oxygen atoms in total. The summed E-state index contributed by atoms with van der Waals surface area (Å²) in [5.74, 6) is -1.40. The standard InChI is InChI=1S/C17H23FN2O3/c1-11(2)15(9-12-3-5-14(18)6-4-12)19-17(23)20-8-7-13(10-20)16(21)22/h3-6,11,13,15H,7-10H2,1-2H3,(H,19,23)(H,21,22). The molecule has 1 heterocycles. The van der Waals surface area contributed by atoms with Gasteiger partial charge >= 0.3 is 12.0 Å². The van der Waals surface area contributed by atoms with Crippen molar-refractivity contribution in [2.24, 2.45) is 11.8 Å². The first kappa shape index (κ1) is 17.2. The number of carboxylic acids is 1. The highest BCUT2D eigenvalue weighted by Gasteiger charge is 2.31. The van der Waals surface area contributed by atoms with Crippen LogP contribution in [-0.4, -0.2) is 41.1 Å². The van der Waals surface area contributed by atoms with E-state index in [0.29, 0.717) is 19.4 Å². The van der Waals surface area contributed by atoms with Crippen LogP contribution in [0.15, 0.2) is 24.3 Å². The molecule has 0 spiro atoms. The van der Waals surface area contributed by atoms with Gasteiger partial charge in [0, 0.05) is 19.1 Å². The van der Waals surface area contributed by atoms with Crippen molar-refractivity contribution in [3.05, 3.63) is 35.6 Å². The van der Waals surface area contributed by atoms with E-state index < -0.39 is 11.9 Å². The lowest BCUT2D eigenvalue weighted by atomic mass is 9.96. The zero-order valence-corrected chi connectivity index (χ0v) is 13.5. The summed E-state index contributed by atoms with van der Waals surface area (Å²) in [4.78, 5) is 24.9. The van der Waals surface area contributed by atoms with Crippen LogP contribution in [-0.2, 0) is 11.2 Å². The second kappa shape index (κ2) is 7.44. The second-order valence-electron chi connectivity index (χ2n) is 6.40. The number of aliphatic carboxylic acids is 1. The predicted octanol–water partition coefficient (Wildman–Crippen LogP) is 2.51. The minimum Gasteiger partial charge on any atom is -0.481 e. The van der Waals surface area contributed by atoms with Crippen molar-refractivity contribution in [3.63, 3.8) is 0 Å². The van der Waals surface area contributed by atoms with Gasteiger partial charge in [-0.25, -0.2) is 9.18 Å². The lowest BCUT2D eigenvalue weighted by molar-refractivity contribution is -0.141. The first-order chi connectivity index (χ1) is 10.9. The number of hydrogen-bond acceptors (Lipinski definition) is 2. The number of urea groups is 1. The molecule has 1 aliphatic heterocycles. The molecule has 2 rings (SSSR count). The van der Waals surface area contributed by atoms with Gasteiger partial charge in [0.15, 0.2) is 0 Å². The van der Waals surface area contributed by atoms with Crippen LogP contribution in [0.1, 0.15) is 25.8 Å². The van der Waals surface area contributed by atoms with Crippen molar-refractivity contribution >= 4 is 12.0 Å². The zero-order valence-electron chi connectivity index (χ0n) is 13.5. The second-order valence-corrected chi connectivity index (χ2v) is 6.40. The first-order valence-electron chi connectivity index (χ1n) is 7.89. The number of benzene rings is 1. The van der Waals surface area contributed by atoms with Crippen molar-refractivity contribution in [1.82, 2.24) is 10.2 Å². The number of halogens is 1. The van der Waals surface area contributed by atoms with Gasteiger partial charge in [-0.05, 0) is 36.5 Å². The number of carboxylic acid groups (broad SMARTS) is 1. The Morgan fingerprint density at radius 1 is 1.35 bits per heavy atom. The Bertz CT molecular complexity index is 559. The Balaban J connectivity index is 1.95. The van der Waals surface area contributed by atoms with Crippen molar-refractivity contribution in [2.45, 2.75) is 32.7 Å². The lowest BCUT2D eigenvalue weighted by Gasteiger charge is -2.26. The van der Waals surface area contributed by atoms with E-state index in [0.717, 1.165) is 5.56 Å². The highest BCUT2D eigenvalue weighted by Crippen LogP contribution is 2.17. The zero-order chi connectivity index (χ0) is 17.0. The van der Waals surface area contributed by atoms with Crippen LogP contribution < -0.4 is 5.32 Å². The molecule has 0 aromatic heterocycles. The molecular formula is C17H23FN2O3. The van der Waals surface area contributed by atoms with Crippen molar-refractivity contribution in [1.29, 1.82) is 0 Å². The van der Waals surface area contributed by atoms with Crippen molar-refractivity contribution in [2.75, 3.05) is 13.1 Å². The lowest BCUT2D eigenvalue weighted by Crippen LogP contribution is -2.47. The van der Waals surface area contributed by atoms with Crippen LogP contribution in [0.25, 0.3) is 0 Å². The van der Waals surface area contributed by atoms with Gasteiger partial charge < -0.3 is 15.3 Å². The van der Waals surface area contributed by atoms with E-state index in [9.17, 15) is 14.0 Å². The van der Waals surface area contributed by atoms with E-state index in [1.54, 1.807) is 17.0 Å². The molecule has 0 saturated carbocycles. The Labute approximate surface area is 135 Å². The predicted molar refractivity (Wildman–Crippen MR) is 84.6 cm³/mol. The summed E-state index contributed by atoms with van der Waals surface area (Å²) < 4.78 is 13.0. The molecule has 2 amide bonds. The SMILES string of the molecule is CC(C)C(Cc1ccc(F)cc1)NC(=O)N1CCC(C(=O)O)C1. The maximum Gasteiger partial charge on any atom is 0.317 e. The van der Waals surface area contributed by atoms with Crippen LogP contribution in [0, 0.1) is 17.7 Å². The summed E-state index contributed by atoms with van der Waals surface area (Å²) in [6.45, 7) is 4.74. The molecule has 6 heteroatoms. The van der Waals surface area contributed by atoms with Crippen molar-refractivity contribution in [3.8, 4) is 0 Å². The van der Waals surface area contributed by atoms with Crippen LogP contribution in [0.2, 0.25) is 0 Å². The molecular weight excluding hydrogens is 299 g/mol. The number of rotatable bonds is 5. The van der Waals surface area contributed by atoms with Crippen LogP contribution in [0.4, 0.5) is 9.18 Å². The molecule has 2 atom stereocenters. The fourth-order valence-corrected chi connectivity index (χ4v) is 2.72. The Morgan fingerprint density at radius 2 is 2.00 bits per heavy atom. The minimum absolute atomic E-state index is 0.0863. The van der Waals surface area contributed by atoms with Gasteiger partial charge in [-0.3, -0.25) is 4.79 Å². The molecule has 126 valence electrons. The highest BCUT2D eigenvalue weighted by molar-refractivity contribution is 5.77.